The van der Waals surface area contributed by atoms with Crippen LogP contribution in [0.1, 0.15) is 30.1 Å². The van der Waals surface area contributed by atoms with Crippen molar-refractivity contribution in [3.63, 3.8) is 0 Å². The molecule has 1 heterocycles. The van der Waals surface area contributed by atoms with Crippen LogP contribution < -0.4 is 20.1 Å². The second kappa shape index (κ2) is 9.12. The van der Waals surface area contributed by atoms with Gasteiger partial charge >= 0.3 is 6.03 Å². The number of amides is 3. The van der Waals surface area contributed by atoms with Gasteiger partial charge in [0.15, 0.2) is 0 Å². The number of benzene rings is 2. The van der Waals surface area contributed by atoms with Crippen molar-refractivity contribution in [2.45, 2.75) is 19.8 Å². The summed E-state index contributed by atoms with van der Waals surface area (Å²) in [5, 5.41) is 5.51. The number of urea groups is 1. The first kappa shape index (κ1) is 19.5. The lowest BCUT2D eigenvalue weighted by Gasteiger charge is -2.13. The zero-order chi connectivity index (χ0) is 19.9. The third kappa shape index (κ3) is 4.94. The predicted molar refractivity (Wildman–Crippen MR) is 108 cm³/mol. The summed E-state index contributed by atoms with van der Waals surface area (Å²) in [6.45, 7) is 3.76. The molecule has 0 atom stereocenters. The van der Waals surface area contributed by atoms with Gasteiger partial charge < -0.3 is 25.0 Å². The third-order valence-corrected chi connectivity index (χ3v) is 4.38. The van der Waals surface area contributed by atoms with Crippen LogP contribution in [0.3, 0.4) is 0 Å². The molecule has 1 aliphatic heterocycles. The second-order valence-corrected chi connectivity index (χ2v) is 6.59. The number of carbonyl (C=O) groups is 2. The molecule has 2 aromatic carbocycles. The molecule has 0 saturated carbocycles. The first-order chi connectivity index (χ1) is 13.6. The van der Waals surface area contributed by atoms with Gasteiger partial charge in [-0.1, -0.05) is 13.3 Å². The Morgan fingerprint density at radius 1 is 1.14 bits per heavy atom. The van der Waals surface area contributed by atoms with Crippen LogP contribution >= 0.6 is 0 Å². The molecule has 3 amide bonds. The van der Waals surface area contributed by atoms with Gasteiger partial charge in [0.2, 0.25) is 0 Å². The Kier molecular flexibility index (Phi) is 6.37. The third-order valence-electron chi connectivity index (χ3n) is 4.38. The van der Waals surface area contributed by atoms with Crippen LogP contribution in [0.5, 0.6) is 11.5 Å². The van der Waals surface area contributed by atoms with Crippen LogP contribution in [0.2, 0.25) is 0 Å². The molecular weight excluding hydrogens is 358 g/mol. The number of hydrogen-bond donors (Lipinski definition) is 2. The normalized spacial score (nSPS) is 13.2. The van der Waals surface area contributed by atoms with E-state index in [2.05, 4.69) is 17.6 Å². The molecule has 0 saturated heterocycles. The number of ether oxygens (including phenoxy) is 2. The minimum Gasteiger partial charge on any atom is -0.494 e. The molecule has 0 fully saturated rings. The molecule has 0 bridgehead atoms. The Morgan fingerprint density at radius 3 is 2.61 bits per heavy atom. The number of fused-ring (bicyclic) bond motifs is 1. The Morgan fingerprint density at radius 2 is 1.86 bits per heavy atom. The maximum atomic E-state index is 12.4. The van der Waals surface area contributed by atoms with Gasteiger partial charge in [-0.25, -0.2) is 4.79 Å². The summed E-state index contributed by atoms with van der Waals surface area (Å²) in [7, 11) is 1.73. The average molecular weight is 383 g/mol. The SMILES string of the molecule is CCCCOc1ccc(NC(=O)Nc2ccc3c(c2)C(=O)N(C)CCO3)cc1. The quantitative estimate of drug-likeness (QED) is 0.740. The fourth-order valence-corrected chi connectivity index (χ4v) is 2.76. The fourth-order valence-electron chi connectivity index (χ4n) is 2.76. The molecule has 0 aromatic heterocycles. The van der Waals surface area contributed by atoms with E-state index in [4.69, 9.17) is 9.47 Å². The van der Waals surface area contributed by atoms with Gasteiger partial charge in [-0.3, -0.25) is 4.79 Å². The van der Waals surface area contributed by atoms with Crippen molar-refractivity contribution >= 4 is 23.3 Å². The summed E-state index contributed by atoms with van der Waals surface area (Å²) in [6.07, 6.45) is 2.09. The Bertz CT molecular complexity index is 836. The lowest BCUT2D eigenvalue weighted by atomic mass is 10.1. The summed E-state index contributed by atoms with van der Waals surface area (Å²) in [6, 6.07) is 11.8. The molecule has 2 N–H and O–H groups in total. The highest BCUT2D eigenvalue weighted by Crippen LogP contribution is 2.26. The van der Waals surface area contributed by atoms with Crippen LogP contribution in [0.25, 0.3) is 0 Å². The minimum absolute atomic E-state index is 0.129. The molecule has 0 aliphatic carbocycles. The van der Waals surface area contributed by atoms with Crippen molar-refractivity contribution < 1.29 is 19.1 Å². The van der Waals surface area contributed by atoms with E-state index < -0.39 is 6.03 Å². The average Bonchev–Trinajstić information content (AvgIpc) is 2.82. The van der Waals surface area contributed by atoms with Crippen LogP contribution in [-0.2, 0) is 0 Å². The van der Waals surface area contributed by atoms with E-state index in [0.29, 0.717) is 42.4 Å². The summed E-state index contributed by atoms with van der Waals surface area (Å²) >= 11 is 0. The van der Waals surface area contributed by atoms with Gasteiger partial charge in [0.25, 0.3) is 5.91 Å². The van der Waals surface area contributed by atoms with E-state index in [1.807, 2.05) is 12.1 Å². The predicted octanol–water partition coefficient (Wildman–Crippen LogP) is 3.97. The molecule has 0 unspecified atom stereocenters. The van der Waals surface area contributed by atoms with Crippen molar-refractivity contribution in [1.82, 2.24) is 4.90 Å². The lowest BCUT2D eigenvalue weighted by Crippen LogP contribution is -2.28. The first-order valence-electron chi connectivity index (χ1n) is 9.40. The highest BCUT2D eigenvalue weighted by molar-refractivity contribution is 6.02. The maximum absolute atomic E-state index is 12.4. The van der Waals surface area contributed by atoms with E-state index in [1.165, 1.54) is 0 Å². The number of unbranched alkanes of at least 4 members (excludes halogenated alkanes) is 1. The van der Waals surface area contributed by atoms with Crippen LogP contribution in [0.4, 0.5) is 16.2 Å². The zero-order valence-electron chi connectivity index (χ0n) is 16.2. The van der Waals surface area contributed by atoms with Crippen molar-refractivity contribution in [2.24, 2.45) is 0 Å². The largest absolute Gasteiger partial charge is 0.494 e. The molecule has 7 heteroatoms. The molecule has 28 heavy (non-hydrogen) atoms. The maximum Gasteiger partial charge on any atom is 0.323 e. The number of rotatable bonds is 6. The van der Waals surface area contributed by atoms with E-state index in [-0.39, 0.29) is 5.91 Å². The van der Waals surface area contributed by atoms with Gasteiger partial charge in [0, 0.05) is 18.4 Å². The molecule has 7 nitrogen and oxygen atoms in total. The van der Waals surface area contributed by atoms with Gasteiger partial charge in [0.1, 0.15) is 18.1 Å². The Hall–Kier alpha value is -3.22. The van der Waals surface area contributed by atoms with E-state index in [9.17, 15) is 9.59 Å². The summed E-state index contributed by atoms with van der Waals surface area (Å²) in [5.41, 5.74) is 1.60. The van der Waals surface area contributed by atoms with Gasteiger partial charge in [-0.05, 0) is 48.9 Å². The van der Waals surface area contributed by atoms with Gasteiger partial charge in [-0.2, -0.15) is 0 Å². The first-order valence-corrected chi connectivity index (χ1v) is 9.40. The Labute approximate surface area is 164 Å². The van der Waals surface area contributed by atoms with Crippen LogP contribution in [0.15, 0.2) is 42.5 Å². The molecule has 0 spiro atoms. The van der Waals surface area contributed by atoms with Crippen LogP contribution in [0, 0.1) is 0 Å². The number of likely N-dealkylation sites (N-methyl/N-ethyl adjacent to an activating group) is 1. The molecule has 2 aromatic rings. The molecule has 0 radical (unpaired) electrons. The van der Waals surface area contributed by atoms with Crippen molar-refractivity contribution in [3.8, 4) is 11.5 Å². The summed E-state index contributed by atoms with van der Waals surface area (Å²) in [5.74, 6) is 1.17. The Balaban J connectivity index is 1.60. The molecule has 1 aliphatic rings. The van der Waals surface area contributed by atoms with E-state index in [0.717, 1.165) is 18.6 Å². The number of carbonyl (C=O) groups excluding carboxylic acids is 2. The summed E-state index contributed by atoms with van der Waals surface area (Å²) < 4.78 is 11.2. The molecular formula is C21H25N3O4. The smallest absolute Gasteiger partial charge is 0.323 e. The highest BCUT2D eigenvalue weighted by Gasteiger charge is 2.21. The number of hydrogen-bond acceptors (Lipinski definition) is 4. The van der Waals surface area contributed by atoms with Crippen molar-refractivity contribution in [2.75, 3.05) is 37.4 Å². The highest BCUT2D eigenvalue weighted by atomic mass is 16.5. The molecule has 3 rings (SSSR count). The summed E-state index contributed by atoms with van der Waals surface area (Å²) in [4.78, 5) is 26.3. The van der Waals surface area contributed by atoms with Gasteiger partial charge in [0.05, 0.1) is 18.7 Å². The minimum atomic E-state index is -0.394. The second-order valence-electron chi connectivity index (χ2n) is 6.59. The van der Waals surface area contributed by atoms with Crippen molar-refractivity contribution in [1.29, 1.82) is 0 Å². The topological polar surface area (TPSA) is 79.9 Å². The zero-order valence-corrected chi connectivity index (χ0v) is 16.2. The standard InChI is InChI=1S/C21H25N3O4/c1-3-4-12-27-17-8-5-15(6-9-17)22-21(26)23-16-7-10-19-18(14-16)20(25)24(2)11-13-28-19/h5-10,14H,3-4,11-13H2,1-2H3,(H2,22,23,26). The van der Waals surface area contributed by atoms with Gasteiger partial charge in [-0.15, -0.1) is 0 Å². The van der Waals surface area contributed by atoms with Crippen molar-refractivity contribution in [3.05, 3.63) is 48.0 Å². The monoisotopic (exact) mass is 383 g/mol. The number of anilines is 2. The van der Waals surface area contributed by atoms with E-state index in [1.54, 1.807) is 42.3 Å². The van der Waals surface area contributed by atoms with E-state index >= 15 is 0 Å². The number of nitrogens with one attached hydrogen (secondary N) is 2. The molecule has 148 valence electrons. The fraction of sp³-hybridized carbons (Fsp3) is 0.333. The van der Waals surface area contributed by atoms with Crippen LogP contribution in [-0.4, -0.2) is 43.6 Å². The number of nitrogens with zero attached hydrogens (tertiary/aromatic N) is 1. The lowest BCUT2D eigenvalue weighted by molar-refractivity contribution is 0.0796.